The molecule has 0 atom stereocenters. The van der Waals surface area contributed by atoms with Gasteiger partial charge in [-0.1, -0.05) is 41.4 Å². The quantitative estimate of drug-likeness (QED) is 0.753. The van der Waals surface area contributed by atoms with E-state index in [9.17, 15) is 9.59 Å². The van der Waals surface area contributed by atoms with Gasteiger partial charge in [0.05, 0.1) is 36.9 Å². The van der Waals surface area contributed by atoms with E-state index < -0.39 is 0 Å². The molecule has 0 unspecified atom stereocenters. The van der Waals surface area contributed by atoms with Crippen LogP contribution in [0.3, 0.4) is 0 Å². The maximum Gasteiger partial charge on any atom is 0.279 e. The fraction of sp³-hybridized carbons (Fsp3) is 0.364. The number of piperazine rings is 1. The van der Waals surface area contributed by atoms with Gasteiger partial charge in [0.1, 0.15) is 5.75 Å². The third-order valence-electron chi connectivity index (χ3n) is 5.06. The Morgan fingerprint density at radius 3 is 2.55 bits per heavy atom. The Kier molecular flexibility index (Phi) is 7.12. The summed E-state index contributed by atoms with van der Waals surface area (Å²) in [6.07, 6.45) is 0. The number of carbonyl (C=O) groups excluding carboxylic acids is 2. The number of anilines is 1. The number of hydrogen-bond acceptors (Lipinski definition) is 3. The maximum atomic E-state index is 12.5. The largest absolute Gasteiger partial charge is 0.484 e. The van der Waals surface area contributed by atoms with Crippen LogP contribution in [0.5, 0.6) is 5.75 Å². The van der Waals surface area contributed by atoms with Crippen molar-refractivity contribution in [3.63, 3.8) is 0 Å². The lowest BCUT2D eigenvalue weighted by Gasteiger charge is -2.31. The van der Waals surface area contributed by atoms with E-state index in [0.717, 1.165) is 29.3 Å². The van der Waals surface area contributed by atoms with Gasteiger partial charge < -0.3 is 19.9 Å². The third-order valence-corrected chi connectivity index (χ3v) is 5.39. The Labute approximate surface area is 176 Å². The van der Waals surface area contributed by atoms with Gasteiger partial charge in [0, 0.05) is 0 Å². The van der Waals surface area contributed by atoms with Crippen LogP contribution in [0.15, 0.2) is 42.5 Å². The molecule has 7 heteroatoms. The van der Waals surface area contributed by atoms with Gasteiger partial charge in [0.25, 0.3) is 11.8 Å². The molecule has 1 fully saturated rings. The average Bonchev–Trinajstić information content (AvgIpc) is 2.69. The van der Waals surface area contributed by atoms with E-state index in [4.69, 9.17) is 16.3 Å². The first-order chi connectivity index (χ1) is 13.9. The normalized spacial score (nSPS) is 14.5. The number of hydrogen-bond donors (Lipinski definition) is 2. The van der Waals surface area contributed by atoms with Crippen LogP contribution in [0.4, 0.5) is 5.69 Å². The standard InChI is InChI=1S/C22H26ClN3O3/c1-16-7-8-20(17(2)13-16)29-15-22(28)26-11-9-25(10-12-26)14-21(27)24-19-6-4-3-5-18(19)23/h3-8,13H,9-12,14-15H2,1-2H3,(H,24,27)/p+1. The second-order valence-electron chi connectivity index (χ2n) is 7.39. The number of carbonyl (C=O) groups is 2. The van der Waals surface area contributed by atoms with Crippen LogP contribution in [-0.2, 0) is 9.59 Å². The van der Waals surface area contributed by atoms with Crippen LogP contribution in [0, 0.1) is 13.8 Å². The van der Waals surface area contributed by atoms with E-state index in [1.807, 2.05) is 44.2 Å². The molecule has 0 aromatic heterocycles. The van der Waals surface area contributed by atoms with Crippen molar-refractivity contribution in [2.75, 3.05) is 44.6 Å². The molecule has 2 N–H and O–H groups in total. The molecule has 0 radical (unpaired) electrons. The maximum absolute atomic E-state index is 12.5. The average molecular weight is 417 g/mol. The lowest BCUT2D eigenvalue weighted by Crippen LogP contribution is -3.15. The number of ether oxygens (including phenoxy) is 1. The summed E-state index contributed by atoms with van der Waals surface area (Å²) < 4.78 is 5.70. The first kappa shape index (κ1) is 21.1. The van der Waals surface area contributed by atoms with Gasteiger partial charge in [-0.3, -0.25) is 9.59 Å². The SMILES string of the molecule is Cc1ccc(OCC(=O)N2CC[NH+](CC(=O)Nc3ccccc3Cl)CC2)c(C)c1. The van der Waals surface area contributed by atoms with E-state index in [-0.39, 0.29) is 18.4 Å². The first-order valence-electron chi connectivity index (χ1n) is 9.78. The minimum atomic E-state index is -0.0777. The molecule has 0 aliphatic carbocycles. The lowest BCUT2D eigenvalue weighted by molar-refractivity contribution is -0.895. The van der Waals surface area contributed by atoms with Crippen LogP contribution in [0.1, 0.15) is 11.1 Å². The van der Waals surface area contributed by atoms with Crippen molar-refractivity contribution >= 4 is 29.1 Å². The Morgan fingerprint density at radius 1 is 1.14 bits per heavy atom. The van der Waals surface area contributed by atoms with Crippen LogP contribution in [0.25, 0.3) is 0 Å². The van der Waals surface area contributed by atoms with Gasteiger partial charge in [-0.05, 0) is 37.6 Å². The highest BCUT2D eigenvalue weighted by atomic mass is 35.5. The van der Waals surface area contributed by atoms with Gasteiger partial charge in [-0.25, -0.2) is 0 Å². The van der Waals surface area contributed by atoms with E-state index in [2.05, 4.69) is 5.32 Å². The molecule has 3 rings (SSSR count). The number of amides is 2. The predicted octanol–water partition coefficient (Wildman–Crippen LogP) is 1.70. The van der Waals surface area contributed by atoms with Crippen molar-refractivity contribution in [2.24, 2.45) is 0 Å². The zero-order valence-corrected chi connectivity index (χ0v) is 17.6. The summed E-state index contributed by atoms with van der Waals surface area (Å²) in [5.41, 5.74) is 2.81. The van der Waals surface area contributed by atoms with Crippen molar-refractivity contribution in [3.05, 3.63) is 58.6 Å². The first-order valence-corrected chi connectivity index (χ1v) is 10.2. The minimum absolute atomic E-state index is 0.0236. The van der Waals surface area contributed by atoms with Crippen LogP contribution in [0.2, 0.25) is 5.02 Å². The summed E-state index contributed by atoms with van der Waals surface area (Å²) in [7, 11) is 0. The van der Waals surface area contributed by atoms with Gasteiger partial charge in [-0.2, -0.15) is 0 Å². The molecule has 0 saturated carbocycles. The number of quaternary nitrogens is 1. The van der Waals surface area contributed by atoms with Crippen molar-refractivity contribution < 1.29 is 19.2 Å². The fourth-order valence-electron chi connectivity index (χ4n) is 3.43. The number of nitrogens with zero attached hydrogens (tertiary/aromatic N) is 1. The van der Waals surface area contributed by atoms with Crippen molar-refractivity contribution in [2.45, 2.75) is 13.8 Å². The minimum Gasteiger partial charge on any atom is -0.484 e. The van der Waals surface area contributed by atoms with Gasteiger partial charge in [0.2, 0.25) is 0 Å². The summed E-state index contributed by atoms with van der Waals surface area (Å²) in [4.78, 5) is 27.7. The van der Waals surface area contributed by atoms with Crippen LogP contribution in [-0.4, -0.2) is 56.0 Å². The number of para-hydroxylation sites is 1. The number of halogens is 1. The molecule has 0 bridgehead atoms. The Balaban J connectivity index is 1.42. The molecule has 154 valence electrons. The molecular formula is C22H27ClN3O3+. The molecule has 2 aromatic rings. The summed E-state index contributed by atoms with van der Waals surface area (Å²) in [6.45, 7) is 7.07. The second-order valence-corrected chi connectivity index (χ2v) is 7.80. The van der Waals surface area contributed by atoms with Crippen LogP contribution < -0.4 is 15.0 Å². The molecule has 2 aromatic carbocycles. The Bertz CT molecular complexity index is 879. The molecule has 1 aliphatic heterocycles. The van der Waals surface area contributed by atoms with Crippen molar-refractivity contribution in [1.29, 1.82) is 0 Å². The summed E-state index contributed by atoms with van der Waals surface area (Å²) in [5, 5.41) is 3.37. The fourth-order valence-corrected chi connectivity index (χ4v) is 3.61. The molecular weight excluding hydrogens is 390 g/mol. The monoisotopic (exact) mass is 416 g/mol. The van der Waals surface area contributed by atoms with E-state index in [1.165, 1.54) is 5.56 Å². The van der Waals surface area contributed by atoms with E-state index >= 15 is 0 Å². The summed E-state index contributed by atoms with van der Waals surface area (Å²) >= 11 is 6.08. The number of benzene rings is 2. The van der Waals surface area contributed by atoms with Crippen LogP contribution >= 0.6 is 11.6 Å². The number of nitrogens with one attached hydrogen (secondary N) is 2. The molecule has 2 amide bonds. The molecule has 0 spiro atoms. The molecule has 1 aliphatic rings. The smallest absolute Gasteiger partial charge is 0.279 e. The second kappa shape index (κ2) is 9.76. The van der Waals surface area contributed by atoms with Gasteiger partial charge in [0.15, 0.2) is 13.2 Å². The third kappa shape index (κ3) is 5.95. The number of rotatable bonds is 6. The van der Waals surface area contributed by atoms with Gasteiger partial charge in [-0.15, -0.1) is 0 Å². The number of aryl methyl sites for hydroxylation is 2. The van der Waals surface area contributed by atoms with E-state index in [1.54, 1.807) is 17.0 Å². The van der Waals surface area contributed by atoms with Crippen molar-refractivity contribution in [3.8, 4) is 5.75 Å². The Hall–Kier alpha value is -2.57. The molecule has 1 heterocycles. The highest BCUT2D eigenvalue weighted by Gasteiger charge is 2.25. The molecule has 6 nitrogen and oxygen atoms in total. The van der Waals surface area contributed by atoms with Gasteiger partial charge >= 0.3 is 0 Å². The zero-order chi connectivity index (χ0) is 20.8. The van der Waals surface area contributed by atoms with E-state index in [0.29, 0.717) is 30.3 Å². The highest BCUT2D eigenvalue weighted by molar-refractivity contribution is 6.33. The summed E-state index contributed by atoms with van der Waals surface area (Å²) in [6, 6.07) is 13.1. The molecule has 1 saturated heterocycles. The highest BCUT2D eigenvalue weighted by Crippen LogP contribution is 2.20. The predicted molar refractivity (Wildman–Crippen MR) is 114 cm³/mol. The van der Waals surface area contributed by atoms with Crippen molar-refractivity contribution in [1.82, 2.24) is 4.90 Å². The topological polar surface area (TPSA) is 63.1 Å². The lowest BCUT2D eigenvalue weighted by atomic mass is 10.1. The Morgan fingerprint density at radius 2 is 1.86 bits per heavy atom. The summed E-state index contributed by atoms with van der Waals surface area (Å²) in [5.74, 6) is 0.639. The zero-order valence-electron chi connectivity index (χ0n) is 16.8. The molecule has 29 heavy (non-hydrogen) atoms.